The minimum absolute atomic E-state index is 0.172. The van der Waals surface area contributed by atoms with Gasteiger partial charge in [-0.2, -0.15) is 9.29 Å². The summed E-state index contributed by atoms with van der Waals surface area (Å²) in [4.78, 5) is 16.5. The first kappa shape index (κ1) is 21.9. The zero-order valence-electron chi connectivity index (χ0n) is 17.4. The number of aryl methyl sites for hydroxylation is 1. The van der Waals surface area contributed by atoms with Crippen LogP contribution < -0.4 is 10.1 Å². The first-order valence-corrected chi connectivity index (χ1v) is 11.4. The van der Waals surface area contributed by atoms with E-state index in [0.29, 0.717) is 49.5 Å². The number of aromatic nitrogens is 2. The number of amides is 1. The first-order chi connectivity index (χ1) is 15.4. The fourth-order valence-electron chi connectivity index (χ4n) is 3.11. The molecule has 0 radical (unpaired) electrons. The number of sulfonamides is 1. The summed E-state index contributed by atoms with van der Waals surface area (Å²) in [6.45, 7) is 2.93. The van der Waals surface area contributed by atoms with Crippen LogP contribution in [0.2, 0.25) is 0 Å². The topological polar surface area (TPSA) is 124 Å². The molecule has 1 N–H and O–H groups in total. The van der Waals surface area contributed by atoms with Gasteiger partial charge in [0.1, 0.15) is 5.75 Å². The van der Waals surface area contributed by atoms with Crippen LogP contribution in [0.3, 0.4) is 0 Å². The van der Waals surface area contributed by atoms with E-state index in [1.54, 1.807) is 43.3 Å². The predicted molar refractivity (Wildman–Crippen MR) is 115 cm³/mol. The lowest BCUT2D eigenvalue weighted by Crippen LogP contribution is -2.40. The molecule has 168 valence electrons. The van der Waals surface area contributed by atoms with Crippen molar-refractivity contribution in [1.29, 1.82) is 0 Å². The van der Waals surface area contributed by atoms with Crippen LogP contribution in [0.5, 0.6) is 5.75 Å². The number of morpholine rings is 1. The molecule has 1 aliphatic rings. The Kier molecular flexibility index (Phi) is 6.49. The van der Waals surface area contributed by atoms with E-state index in [2.05, 4.69) is 15.5 Å². The Morgan fingerprint density at radius 3 is 2.41 bits per heavy atom. The average molecular weight is 458 g/mol. The maximum atomic E-state index is 12.6. The van der Waals surface area contributed by atoms with Gasteiger partial charge in [0.25, 0.3) is 5.91 Å². The molecule has 1 amide bonds. The molecule has 0 spiro atoms. The fraction of sp³-hybridized carbons (Fsp3) is 0.286. The van der Waals surface area contributed by atoms with E-state index in [9.17, 15) is 13.2 Å². The van der Waals surface area contributed by atoms with Crippen molar-refractivity contribution < 1.29 is 27.2 Å². The highest BCUT2D eigenvalue weighted by molar-refractivity contribution is 7.89. The number of nitrogens with one attached hydrogen (secondary N) is 1. The van der Waals surface area contributed by atoms with Gasteiger partial charge in [0.2, 0.25) is 21.7 Å². The van der Waals surface area contributed by atoms with Crippen molar-refractivity contribution in [3.63, 3.8) is 0 Å². The van der Waals surface area contributed by atoms with E-state index in [-0.39, 0.29) is 17.4 Å². The van der Waals surface area contributed by atoms with Crippen LogP contribution in [0.1, 0.15) is 5.89 Å². The van der Waals surface area contributed by atoms with Crippen LogP contribution in [0.4, 0.5) is 5.69 Å². The summed E-state index contributed by atoms with van der Waals surface area (Å²) in [7, 11) is -3.57. The lowest BCUT2D eigenvalue weighted by atomic mass is 10.2. The van der Waals surface area contributed by atoms with Gasteiger partial charge in [-0.1, -0.05) is 5.16 Å². The molecule has 1 saturated heterocycles. The lowest BCUT2D eigenvalue weighted by molar-refractivity contribution is -0.118. The summed E-state index contributed by atoms with van der Waals surface area (Å²) in [5.74, 6) is 1.09. The Morgan fingerprint density at radius 1 is 1.09 bits per heavy atom. The highest BCUT2D eigenvalue weighted by atomic mass is 32.2. The van der Waals surface area contributed by atoms with Gasteiger partial charge in [-0.25, -0.2) is 8.42 Å². The third-order valence-electron chi connectivity index (χ3n) is 4.76. The molecule has 2 heterocycles. The number of carbonyl (C=O) groups excluding carboxylic acids is 1. The first-order valence-electron chi connectivity index (χ1n) is 9.93. The highest BCUT2D eigenvalue weighted by Crippen LogP contribution is 2.21. The number of hydrogen-bond acceptors (Lipinski definition) is 8. The Hall–Kier alpha value is -3.28. The Balaban J connectivity index is 1.30. The standard InChI is InChI=1S/C21H22N4O6S/c1-15-22-21(24-31-15)16-2-6-18(7-3-16)30-14-20(26)23-17-4-8-19(9-5-17)32(27,28)25-10-12-29-13-11-25/h2-9H,10-14H2,1H3,(H,23,26). The van der Waals surface area contributed by atoms with Gasteiger partial charge in [-0.15, -0.1) is 0 Å². The van der Waals surface area contributed by atoms with E-state index >= 15 is 0 Å². The minimum Gasteiger partial charge on any atom is -0.484 e. The van der Waals surface area contributed by atoms with E-state index in [1.165, 1.54) is 16.4 Å². The number of nitrogens with zero attached hydrogens (tertiary/aromatic N) is 3. The Morgan fingerprint density at radius 2 is 1.78 bits per heavy atom. The molecule has 0 unspecified atom stereocenters. The normalized spacial score (nSPS) is 14.8. The molecular weight excluding hydrogens is 436 g/mol. The maximum Gasteiger partial charge on any atom is 0.262 e. The molecule has 3 aromatic rings. The van der Waals surface area contributed by atoms with Gasteiger partial charge in [0.05, 0.1) is 18.1 Å². The monoisotopic (exact) mass is 458 g/mol. The second-order valence-electron chi connectivity index (χ2n) is 7.04. The van der Waals surface area contributed by atoms with Crippen LogP contribution in [-0.4, -0.2) is 61.7 Å². The average Bonchev–Trinajstić information content (AvgIpc) is 3.25. The molecule has 32 heavy (non-hydrogen) atoms. The molecular formula is C21H22N4O6S. The molecule has 2 aromatic carbocycles. The van der Waals surface area contributed by atoms with Crippen LogP contribution in [0.15, 0.2) is 57.9 Å². The summed E-state index contributed by atoms with van der Waals surface area (Å²) in [5, 5.41) is 6.53. The van der Waals surface area contributed by atoms with Crippen LogP contribution in [-0.2, 0) is 19.6 Å². The van der Waals surface area contributed by atoms with Crippen molar-refractivity contribution in [3.05, 3.63) is 54.4 Å². The number of rotatable bonds is 7. The van der Waals surface area contributed by atoms with Crippen molar-refractivity contribution in [2.75, 3.05) is 38.2 Å². The molecule has 1 aliphatic heterocycles. The largest absolute Gasteiger partial charge is 0.484 e. The molecule has 0 saturated carbocycles. The minimum atomic E-state index is -3.57. The quantitative estimate of drug-likeness (QED) is 0.571. The molecule has 11 heteroatoms. The highest BCUT2D eigenvalue weighted by Gasteiger charge is 2.26. The Bertz CT molecular complexity index is 1170. The van der Waals surface area contributed by atoms with E-state index in [4.69, 9.17) is 14.0 Å². The Labute approximate surface area is 185 Å². The molecule has 0 aliphatic carbocycles. The van der Waals surface area contributed by atoms with Gasteiger partial charge in [-0.3, -0.25) is 4.79 Å². The fourth-order valence-corrected chi connectivity index (χ4v) is 4.52. The second kappa shape index (κ2) is 9.47. The number of hydrogen-bond donors (Lipinski definition) is 1. The van der Waals surface area contributed by atoms with Crippen molar-refractivity contribution in [1.82, 2.24) is 14.4 Å². The van der Waals surface area contributed by atoms with Crippen LogP contribution >= 0.6 is 0 Å². The van der Waals surface area contributed by atoms with Gasteiger partial charge in [0, 0.05) is 31.3 Å². The summed E-state index contributed by atoms with van der Waals surface area (Å²) in [6, 6.07) is 13.0. The zero-order chi connectivity index (χ0) is 22.6. The zero-order valence-corrected chi connectivity index (χ0v) is 18.2. The molecule has 10 nitrogen and oxygen atoms in total. The number of carbonyl (C=O) groups is 1. The van der Waals surface area contributed by atoms with Crippen LogP contribution in [0, 0.1) is 6.92 Å². The molecule has 0 atom stereocenters. The SMILES string of the molecule is Cc1nc(-c2ccc(OCC(=O)Nc3ccc(S(=O)(=O)N4CCOCC4)cc3)cc2)no1. The molecule has 1 fully saturated rings. The van der Waals surface area contributed by atoms with Gasteiger partial charge in [0.15, 0.2) is 6.61 Å². The summed E-state index contributed by atoms with van der Waals surface area (Å²) >= 11 is 0. The predicted octanol–water partition coefficient (Wildman–Crippen LogP) is 2.08. The van der Waals surface area contributed by atoms with Crippen molar-refractivity contribution >= 4 is 21.6 Å². The van der Waals surface area contributed by atoms with E-state index < -0.39 is 10.0 Å². The van der Waals surface area contributed by atoms with Crippen LogP contribution in [0.25, 0.3) is 11.4 Å². The summed E-state index contributed by atoms with van der Waals surface area (Å²) < 4.78 is 42.3. The summed E-state index contributed by atoms with van der Waals surface area (Å²) in [5.41, 5.74) is 1.24. The smallest absolute Gasteiger partial charge is 0.262 e. The third-order valence-corrected chi connectivity index (χ3v) is 6.67. The second-order valence-corrected chi connectivity index (χ2v) is 8.98. The van der Waals surface area contributed by atoms with Gasteiger partial charge < -0.3 is 19.3 Å². The third kappa shape index (κ3) is 5.13. The lowest BCUT2D eigenvalue weighted by Gasteiger charge is -2.26. The van der Waals surface area contributed by atoms with Gasteiger partial charge >= 0.3 is 0 Å². The van der Waals surface area contributed by atoms with E-state index in [0.717, 1.165) is 5.56 Å². The van der Waals surface area contributed by atoms with Crippen molar-refractivity contribution in [2.45, 2.75) is 11.8 Å². The number of anilines is 1. The van der Waals surface area contributed by atoms with Crippen molar-refractivity contribution in [3.8, 4) is 17.1 Å². The van der Waals surface area contributed by atoms with Crippen molar-refractivity contribution in [2.24, 2.45) is 0 Å². The van der Waals surface area contributed by atoms with E-state index in [1.807, 2.05) is 0 Å². The number of benzene rings is 2. The molecule has 0 bridgehead atoms. The maximum absolute atomic E-state index is 12.6. The summed E-state index contributed by atoms with van der Waals surface area (Å²) in [6.07, 6.45) is 0. The number of ether oxygens (including phenoxy) is 2. The molecule has 4 rings (SSSR count). The molecule has 1 aromatic heterocycles. The van der Waals surface area contributed by atoms with Gasteiger partial charge in [-0.05, 0) is 48.5 Å².